The number of thioether (sulfide) groups is 1. The van der Waals surface area contributed by atoms with Crippen molar-refractivity contribution >= 4 is 44.4 Å². The number of aliphatic imine (C=N–C) groups is 1. The minimum Gasteiger partial charge on any atom is -0.366 e. The molecule has 2 fully saturated rings. The summed E-state index contributed by atoms with van der Waals surface area (Å²) >= 11 is 7.29. The number of hydrogen-bond acceptors (Lipinski definition) is 3. The quantitative estimate of drug-likeness (QED) is 0.323. The van der Waals surface area contributed by atoms with Gasteiger partial charge in [-0.25, -0.2) is 0 Å². The minimum absolute atomic E-state index is 0.457. The molecule has 0 bridgehead atoms. The fourth-order valence-corrected chi connectivity index (χ4v) is 5.52. The van der Waals surface area contributed by atoms with Crippen LogP contribution in [0.15, 0.2) is 35.5 Å². The standard InChI is InChI=1S/C23H32N4S2/c28-23(25-16-17-15-24-21-14-8-7-13-20(17)21)29-22(26-18-9-3-1-4-10-18)27-19-11-5-2-6-12-19/h7-8,13-15,18-19,24H,1-6,9-12,16H2,(H,25,28)(H,26,27). The average molecular weight is 429 g/mol. The number of fused-ring (bicyclic) bond motifs is 1. The number of H-pyrrole nitrogens is 1. The van der Waals surface area contributed by atoms with Crippen molar-refractivity contribution in [3.8, 4) is 0 Å². The molecule has 0 saturated heterocycles. The summed E-state index contributed by atoms with van der Waals surface area (Å²) in [6, 6.07) is 9.40. The molecule has 6 heteroatoms. The van der Waals surface area contributed by atoms with Crippen molar-refractivity contribution in [1.29, 1.82) is 0 Å². The molecule has 1 aromatic heterocycles. The number of rotatable bonds is 4. The predicted octanol–water partition coefficient (Wildman–Crippen LogP) is 5.89. The topological polar surface area (TPSA) is 52.2 Å². The summed E-state index contributed by atoms with van der Waals surface area (Å²) in [4.78, 5) is 8.43. The lowest BCUT2D eigenvalue weighted by molar-refractivity contribution is 0.411. The molecule has 0 spiro atoms. The Kier molecular flexibility index (Phi) is 7.49. The van der Waals surface area contributed by atoms with Crippen LogP contribution in [0.2, 0.25) is 0 Å². The molecular formula is C23H32N4S2. The smallest absolute Gasteiger partial charge is 0.164 e. The number of amidine groups is 1. The van der Waals surface area contributed by atoms with Gasteiger partial charge in [-0.3, -0.25) is 4.99 Å². The van der Waals surface area contributed by atoms with Crippen molar-refractivity contribution in [2.24, 2.45) is 4.99 Å². The lowest BCUT2D eigenvalue weighted by atomic mass is 9.95. The first-order chi connectivity index (χ1) is 14.3. The third kappa shape index (κ3) is 5.98. The normalized spacial score (nSPS) is 19.4. The number of thiocarbonyl (C=S) groups is 1. The van der Waals surface area contributed by atoms with Gasteiger partial charge < -0.3 is 15.6 Å². The Morgan fingerprint density at radius 1 is 1.03 bits per heavy atom. The van der Waals surface area contributed by atoms with Gasteiger partial charge in [0.1, 0.15) is 4.32 Å². The number of hydrogen-bond donors (Lipinski definition) is 3. The summed E-state index contributed by atoms with van der Waals surface area (Å²) in [6.45, 7) is 0.732. The lowest BCUT2D eigenvalue weighted by Gasteiger charge is -2.26. The number of para-hydroxylation sites is 1. The van der Waals surface area contributed by atoms with E-state index >= 15 is 0 Å². The summed E-state index contributed by atoms with van der Waals surface area (Å²) in [7, 11) is 0. The van der Waals surface area contributed by atoms with Crippen molar-refractivity contribution in [1.82, 2.24) is 15.6 Å². The van der Waals surface area contributed by atoms with E-state index < -0.39 is 0 Å². The predicted molar refractivity (Wildman–Crippen MR) is 130 cm³/mol. The Morgan fingerprint density at radius 3 is 2.55 bits per heavy atom. The van der Waals surface area contributed by atoms with Crippen LogP contribution < -0.4 is 10.6 Å². The van der Waals surface area contributed by atoms with Crippen molar-refractivity contribution in [2.45, 2.75) is 82.8 Å². The van der Waals surface area contributed by atoms with E-state index in [1.165, 1.54) is 80.7 Å². The largest absolute Gasteiger partial charge is 0.366 e. The van der Waals surface area contributed by atoms with Gasteiger partial charge in [0, 0.05) is 29.7 Å². The maximum absolute atomic E-state index is 5.68. The van der Waals surface area contributed by atoms with E-state index in [0.29, 0.717) is 12.1 Å². The third-order valence-corrected chi connectivity index (χ3v) is 7.24. The third-order valence-electron chi connectivity index (χ3n) is 6.09. The van der Waals surface area contributed by atoms with Crippen LogP contribution in [0.5, 0.6) is 0 Å². The maximum Gasteiger partial charge on any atom is 0.164 e. The summed E-state index contributed by atoms with van der Waals surface area (Å²) in [6.07, 6.45) is 15.0. The highest BCUT2D eigenvalue weighted by Gasteiger charge is 2.19. The zero-order valence-corrected chi connectivity index (χ0v) is 18.7. The zero-order valence-electron chi connectivity index (χ0n) is 17.1. The van der Waals surface area contributed by atoms with Gasteiger partial charge in [-0.05, 0) is 49.1 Å². The summed E-state index contributed by atoms with van der Waals surface area (Å²) < 4.78 is 0.799. The molecule has 1 aromatic carbocycles. The SMILES string of the molecule is S=C(NCc1c[nH]c2ccccc12)SC(=NC1CCCCC1)NC1CCCCC1. The number of aromatic amines is 1. The van der Waals surface area contributed by atoms with Gasteiger partial charge in [-0.15, -0.1) is 0 Å². The van der Waals surface area contributed by atoms with E-state index in [9.17, 15) is 0 Å². The number of nitrogens with zero attached hydrogens (tertiary/aromatic N) is 1. The van der Waals surface area contributed by atoms with E-state index in [4.69, 9.17) is 17.2 Å². The molecule has 0 aliphatic heterocycles. The van der Waals surface area contributed by atoms with Crippen LogP contribution >= 0.6 is 24.0 Å². The van der Waals surface area contributed by atoms with Crippen molar-refractivity contribution in [3.63, 3.8) is 0 Å². The Morgan fingerprint density at radius 2 is 1.76 bits per heavy atom. The Hall–Kier alpha value is -1.53. The first-order valence-corrected chi connectivity index (χ1v) is 12.4. The second-order valence-corrected chi connectivity index (χ2v) is 9.97. The monoisotopic (exact) mass is 428 g/mol. The van der Waals surface area contributed by atoms with Crippen LogP contribution in [0, 0.1) is 0 Å². The van der Waals surface area contributed by atoms with E-state index in [1.807, 2.05) is 0 Å². The highest BCUT2D eigenvalue weighted by atomic mass is 32.2. The molecule has 29 heavy (non-hydrogen) atoms. The molecule has 2 aromatic rings. The van der Waals surface area contributed by atoms with Crippen LogP contribution in [0.25, 0.3) is 10.9 Å². The number of benzene rings is 1. The van der Waals surface area contributed by atoms with Gasteiger partial charge in [-0.1, -0.05) is 68.9 Å². The summed E-state index contributed by atoms with van der Waals surface area (Å²) in [5.74, 6) is 0. The Balaban J connectivity index is 1.37. The molecule has 4 nitrogen and oxygen atoms in total. The van der Waals surface area contributed by atoms with E-state index in [2.05, 4.69) is 46.1 Å². The van der Waals surface area contributed by atoms with E-state index in [0.717, 1.165) is 16.0 Å². The van der Waals surface area contributed by atoms with Crippen LogP contribution in [-0.4, -0.2) is 26.6 Å². The summed E-state index contributed by atoms with van der Waals surface area (Å²) in [5.41, 5.74) is 2.41. The second-order valence-electron chi connectivity index (χ2n) is 8.31. The first kappa shape index (κ1) is 20.7. The molecule has 4 rings (SSSR count). The fraction of sp³-hybridized carbons (Fsp3) is 0.565. The lowest BCUT2D eigenvalue weighted by Crippen LogP contribution is -2.37. The Bertz CT molecular complexity index is 832. The van der Waals surface area contributed by atoms with Gasteiger partial charge in [0.05, 0.1) is 6.04 Å². The molecule has 0 radical (unpaired) electrons. The zero-order chi connectivity index (χ0) is 19.9. The highest BCUT2D eigenvalue weighted by Crippen LogP contribution is 2.24. The second kappa shape index (κ2) is 10.5. The number of aromatic nitrogens is 1. The minimum atomic E-state index is 0.457. The molecule has 2 aliphatic carbocycles. The van der Waals surface area contributed by atoms with E-state index in [1.54, 1.807) is 11.8 Å². The van der Waals surface area contributed by atoms with Crippen LogP contribution in [0.4, 0.5) is 0 Å². The molecule has 2 saturated carbocycles. The maximum atomic E-state index is 5.68. The Labute approximate surface area is 183 Å². The van der Waals surface area contributed by atoms with Gasteiger partial charge >= 0.3 is 0 Å². The average Bonchev–Trinajstić information content (AvgIpc) is 3.17. The highest BCUT2D eigenvalue weighted by molar-refractivity contribution is 8.32. The summed E-state index contributed by atoms with van der Waals surface area (Å²) in [5, 5.41) is 9.45. The van der Waals surface area contributed by atoms with Gasteiger partial charge in [0.25, 0.3) is 0 Å². The van der Waals surface area contributed by atoms with Gasteiger partial charge in [0.2, 0.25) is 0 Å². The fourth-order valence-electron chi connectivity index (χ4n) is 4.46. The van der Waals surface area contributed by atoms with E-state index in [-0.39, 0.29) is 0 Å². The molecule has 0 unspecified atom stereocenters. The van der Waals surface area contributed by atoms with Crippen LogP contribution in [-0.2, 0) is 6.54 Å². The molecule has 0 atom stereocenters. The van der Waals surface area contributed by atoms with Gasteiger partial charge in [0.15, 0.2) is 5.17 Å². The molecule has 0 amide bonds. The molecular weight excluding hydrogens is 396 g/mol. The van der Waals surface area contributed by atoms with Crippen LogP contribution in [0.3, 0.4) is 0 Å². The molecule has 2 aliphatic rings. The number of nitrogens with one attached hydrogen (secondary N) is 3. The molecule has 1 heterocycles. The van der Waals surface area contributed by atoms with Crippen molar-refractivity contribution in [2.75, 3.05) is 0 Å². The van der Waals surface area contributed by atoms with Crippen molar-refractivity contribution in [3.05, 3.63) is 36.0 Å². The molecule has 3 N–H and O–H groups in total. The van der Waals surface area contributed by atoms with Crippen LogP contribution in [0.1, 0.15) is 69.8 Å². The molecule has 156 valence electrons. The van der Waals surface area contributed by atoms with Gasteiger partial charge in [-0.2, -0.15) is 0 Å². The van der Waals surface area contributed by atoms with Crippen molar-refractivity contribution < 1.29 is 0 Å². The first-order valence-electron chi connectivity index (χ1n) is 11.1.